The van der Waals surface area contributed by atoms with Gasteiger partial charge >= 0.3 is 0 Å². The number of halogens is 1. The van der Waals surface area contributed by atoms with Crippen molar-refractivity contribution in [2.45, 2.75) is 30.3 Å². The minimum absolute atomic E-state index is 0.0373. The van der Waals surface area contributed by atoms with Crippen molar-refractivity contribution in [3.8, 4) is 11.5 Å². The SMILES string of the molecule is O=C1NCCCCC1SCc1noc(-c2ccccc2Cl)n1. The molecular formula is C15H16ClN3O2S. The lowest BCUT2D eigenvalue weighted by atomic mass is 10.2. The Morgan fingerprint density at radius 3 is 3.09 bits per heavy atom. The Morgan fingerprint density at radius 2 is 2.23 bits per heavy atom. The number of aromatic nitrogens is 2. The van der Waals surface area contributed by atoms with Crippen LogP contribution in [-0.2, 0) is 10.5 Å². The van der Waals surface area contributed by atoms with E-state index in [0.717, 1.165) is 31.4 Å². The molecule has 1 unspecified atom stereocenters. The van der Waals surface area contributed by atoms with Gasteiger partial charge in [-0.05, 0) is 25.0 Å². The molecule has 1 N–H and O–H groups in total. The third-order valence-electron chi connectivity index (χ3n) is 3.47. The highest BCUT2D eigenvalue weighted by molar-refractivity contribution is 7.99. The fraction of sp³-hybridized carbons (Fsp3) is 0.400. The number of carbonyl (C=O) groups excluding carboxylic acids is 1. The predicted octanol–water partition coefficient (Wildman–Crippen LogP) is 3.29. The second-order valence-corrected chi connectivity index (χ2v) is 6.68. The van der Waals surface area contributed by atoms with E-state index in [1.54, 1.807) is 17.8 Å². The summed E-state index contributed by atoms with van der Waals surface area (Å²) in [6, 6.07) is 7.34. The van der Waals surface area contributed by atoms with Gasteiger partial charge in [0, 0.05) is 6.54 Å². The Kier molecular flexibility index (Phi) is 5.00. The molecule has 2 aromatic rings. The van der Waals surface area contributed by atoms with Gasteiger partial charge in [0.2, 0.25) is 5.91 Å². The van der Waals surface area contributed by atoms with Crippen LogP contribution in [0.2, 0.25) is 5.02 Å². The van der Waals surface area contributed by atoms with Gasteiger partial charge in [0.1, 0.15) is 0 Å². The monoisotopic (exact) mass is 337 g/mol. The molecule has 0 spiro atoms. The highest BCUT2D eigenvalue weighted by Gasteiger charge is 2.22. The van der Waals surface area contributed by atoms with Gasteiger partial charge in [0.05, 0.1) is 21.6 Å². The highest BCUT2D eigenvalue weighted by atomic mass is 35.5. The molecule has 1 aromatic heterocycles. The van der Waals surface area contributed by atoms with Crippen LogP contribution < -0.4 is 5.32 Å². The first-order valence-electron chi connectivity index (χ1n) is 7.21. The van der Waals surface area contributed by atoms with Crippen molar-refractivity contribution < 1.29 is 9.32 Å². The molecule has 1 atom stereocenters. The highest BCUT2D eigenvalue weighted by Crippen LogP contribution is 2.27. The number of nitrogens with one attached hydrogen (secondary N) is 1. The number of benzene rings is 1. The van der Waals surface area contributed by atoms with Crippen LogP contribution in [-0.4, -0.2) is 27.8 Å². The quantitative estimate of drug-likeness (QED) is 0.927. The standard InChI is InChI=1S/C15H16ClN3O2S/c16-11-6-2-1-5-10(11)15-18-13(19-21-15)9-22-12-7-3-4-8-17-14(12)20/h1-2,5-6,12H,3-4,7-9H2,(H,17,20). The summed E-state index contributed by atoms with van der Waals surface area (Å²) in [6.45, 7) is 0.773. The van der Waals surface area contributed by atoms with Crippen molar-refractivity contribution in [1.29, 1.82) is 0 Å². The Hall–Kier alpha value is -1.53. The minimum atomic E-state index is -0.0373. The first-order valence-corrected chi connectivity index (χ1v) is 8.63. The maximum Gasteiger partial charge on any atom is 0.259 e. The zero-order chi connectivity index (χ0) is 15.4. The Bertz CT molecular complexity index is 662. The zero-order valence-electron chi connectivity index (χ0n) is 11.9. The van der Waals surface area contributed by atoms with E-state index in [1.165, 1.54) is 0 Å². The lowest BCUT2D eigenvalue weighted by Gasteiger charge is -2.10. The summed E-state index contributed by atoms with van der Waals surface area (Å²) in [7, 11) is 0. The lowest BCUT2D eigenvalue weighted by Crippen LogP contribution is -2.30. The second kappa shape index (κ2) is 7.15. The third-order valence-corrected chi connectivity index (χ3v) is 5.08. The van der Waals surface area contributed by atoms with Gasteiger partial charge in [-0.25, -0.2) is 0 Å². The molecule has 7 heteroatoms. The Labute approximate surface area is 137 Å². The summed E-state index contributed by atoms with van der Waals surface area (Å²) in [6.07, 6.45) is 3.00. The van der Waals surface area contributed by atoms with Crippen LogP contribution in [0.5, 0.6) is 0 Å². The molecule has 22 heavy (non-hydrogen) atoms. The van der Waals surface area contributed by atoms with Crippen LogP contribution >= 0.6 is 23.4 Å². The van der Waals surface area contributed by atoms with Gasteiger partial charge in [-0.2, -0.15) is 4.98 Å². The van der Waals surface area contributed by atoms with Gasteiger partial charge < -0.3 is 9.84 Å². The van der Waals surface area contributed by atoms with Gasteiger partial charge in [0.15, 0.2) is 5.82 Å². The van der Waals surface area contributed by atoms with Crippen LogP contribution in [0.25, 0.3) is 11.5 Å². The molecule has 0 bridgehead atoms. The van der Waals surface area contributed by atoms with Crippen molar-refractivity contribution >= 4 is 29.3 Å². The van der Waals surface area contributed by atoms with Crippen LogP contribution in [0.1, 0.15) is 25.1 Å². The third kappa shape index (κ3) is 3.62. The molecule has 1 aliphatic rings. The summed E-state index contributed by atoms with van der Waals surface area (Å²) in [5.74, 6) is 1.65. The maximum absolute atomic E-state index is 11.9. The van der Waals surface area contributed by atoms with Crippen molar-refractivity contribution in [3.05, 3.63) is 35.1 Å². The zero-order valence-corrected chi connectivity index (χ0v) is 13.5. The average Bonchev–Trinajstić information content (AvgIpc) is 2.89. The Morgan fingerprint density at radius 1 is 1.36 bits per heavy atom. The summed E-state index contributed by atoms with van der Waals surface area (Å²) in [5, 5.41) is 7.44. The second-order valence-electron chi connectivity index (χ2n) is 5.08. The number of hydrogen-bond acceptors (Lipinski definition) is 5. The first-order chi connectivity index (χ1) is 10.7. The molecule has 3 rings (SSSR count). The normalized spacial score (nSPS) is 18.8. The molecule has 5 nitrogen and oxygen atoms in total. The van der Waals surface area contributed by atoms with Crippen LogP contribution in [0, 0.1) is 0 Å². The van der Waals surface area contributed by atoms with Crippen LogP contribution in [0.15, 0.2) is 28.8 Å². The van der Waals surface area contributed by atoms with Crippen molar-refractivity contribution in [2.75, 3.05) is 6.54 Å². The summed E-state index contributed by atoms with van der Waals surface area (Å²) >= 11 is 7.67. The van der Waals surface area contributed by atoms with E-state index in [0.29, 0.717) is 22.5 Å². The summed E-state index contributed by atoms with van der Waals surface area (Å²) < 4.78 is 5.26. The molecule has 1 aliphatic heterocycles. The van der Waals surface area contributed by atoms with E-state index >= 15 is 0 Å². The van der Waals surface area contributed by atoms with Crippen molar-refractivity contribution in [1.82, 2.24) is 15.5 Å². The molecule has 1 fully saturated rings. The molecule has 2 heterocycles. The number of hydrogen-bond donors (Lipinski definition) is 1. The van der Waals surface area contributed by atoms with Crippen molar-refractivity contribution in [2.24, 2.45) is 0 Å². The number of thioether (sulfide) groups is 1. The van der Waals surface area contributed by atoms with E-state index in [2.05, 4.69) is 15.5 Å². The number of amides is 1. The van der Waals surface area contributed by atoms with Crippen LogP contribution in [0.4, 0.5) is 0 Å². The Balaban J connectivity index is 1.65. The van der Waals surface area contributed by atoms with Crippen molar-refractivity contribution in [3.63, 3.8) is 0 Å². The smallest absolute Gasteiger partial charge is 0.259 e. The predicted molar refractivity (Wildman–Crippen MR) is 86.7 cm³/mol. The van der Waals surface area contributed by atoms with Crippen LogP contribution in [0.3, 0.4) is 0 Å². The summed E-state index contributed by atoms with van der Waals surface area (Å²) in [4.78, 5) is 16.3. The number of rotatable bonds is 4. The van der Waals surface area contributed by atoms with Gasteiger partial charge in [-0.3, -0.25) is 4.79 Å². The molecule has 0 radical (unpaired) electrons. The molecule has 1 saturated heterocycles. The van der Waals surface area contributed by atoms with E-state index in [1.807, 2.05) is 18.2 Å². The molecule has 0 aliphatic carbocycles. The van der Waals surface area contributed by atoms with E-state index < -0.39 is 0 Å². The van der Waals surface area contributed by atoms with E-state index in [4.69, 9.17) is 16.1 Å². The fourth-order valence-electron chi connectivity index (χ4n) is 2.30. The average molecular weight is 338 g/mol. The number of nitrogens with zero attached hydrogens (tertiary/aromatic N) is 2. The molecule has 1 amide bonds. The van der Waals surface area contributed by atoms with Gasteiger partial charge in [0.25, 0.3) is 5.89 Å². The van der Waals surface area contributed by atoms with Gasteiger partial charge in [-0.1, -0.05) is 35.3 Å². The molecule has 0 saturated carbocycles. The van der Waals surface area contributed by atoms with E-state index in [-0.39, 0.29) is 11.2 Å². The van der Waals surface area contributed by atoms with Gasteiger partial charge in [-0.15, -0.1) is 11.8 Å². The molecule has 116 valence electrons. The fourth-order valence-corrected chi connectivity index (χ4v) is 3.55. The molecular weight excluding hydrogens is 322 g/mol. The largest absolute Gasteiger partial charge is 0.355 e. The number of carbonyl (C=O) groups is 1. The topological polar surface area (TPSA) is 68.0 Å². The maximum atomic E-state index is 11.9. The minimum Gasteiger partial charge on any atom is -0.355 e. The molecule has 1 aromatic carbocycles. The first kappa shape index (κ1) is 15.4. The van der Waals surface area contributed by atoms with E-state index in [9.17, 15) is 4.79 Å². The summed E-state index contributed by atoms with van der Waals surface area (Å²) in [5.41, 5.74) is 0.722. The lowest BCUT2D eigenvalue weighted by molar-refractivity contribution is -0.120.